The summed E-state index contributed by atoms with van der Waals surface area (Å²) in [6, 6.07) is 23.6. The van der Waals surface area contributed by atoms with E-state index < -0.39 is 0 Å². The van der Waals surface area contributed by atoms with Crippen molar-refractivity contribution < 1.29 is 9.53 Å². The molecule has 28 heavy (non-hydrogen) atoms. The molecule has 0 saturated carbocycles. The van der Waals surface area contributed by atoms with Crippen molar-refractivity contribution in [3.63, 3.8) is 0 Å². The van der Waals surface area contributed by atoms with Gasteiger partial charge in [-0.3, -0.25) is 4.79 Å². The van der Waals surface area contributed by atoms with E-state index in [1.165, 1.54) is 11.3 Å². The minimum atomic E-state index is -0.244. The van der Waals surface area contributed by atoms with Crippen molar-refractivity contribution in [2.24, 2.45) is 12.0 Å². The highest BCUT2D eigenvalue weighted by Gasteiger charge is 2.08. The largest absolute Gasteiger partial charge is 0.494 e. The Morgan fingerprint density at radius 1 is 1.00 bits per heavy atom. The molecule has 0 bridgehead atoms. The van der Waals surface area contributed by atoms with E-state index in [1.54, 1.807) is 0 Å². The Balaban J connectivity index is 1.65. The molecule has 0 saturated heterocycles. The van der Waals surface area contributed by atoms with E-state index in [9.17, 15) is 4.79 Å². The van der Waals surface area contributed by atoms with Crippen LogP contribution in [0.1, 0.15) is 17.3 Å². The van der Waals surface area contributed by atoms with E-state index in [1.807, 2.05) is 79.2 Å². The highest BCUT2D eigenvalue weighted by Crippen LogP contribution is 2.23. The van der Waals surface area contributed by atoms with Crippen molar-refractivity contribution in [2.75, 3.05) is 6.61 Å². The zero-order chi connectivity index (χ0) is 19.5. The maximum absolute atomic E-state index is 12.7. The van der Waals surface area contributed by atoms with Crippen molar-refractivity contribution in [1.82, 2.24) is 4.57 Å². The summed E-state index contributed by atoms with van der Waals surface area (Å²) in [6.07, 6.45) is 0. The van der Waals surface area contributed by atoms with E-state index in [4.69, 9.17) is 4.74 Å². The summed E-state index contributed by atoms with van der Waals surface area (Å²) >= 11 is 1.48. The van der Waals surface area contributed by atoms with Gasteiger partial charge in [0.25, 0.3) is 5.91 Å². The van der Waals surface area contributed by atoms with Crippen LogP contribution >= 0.6 is 11.3 Å². The van der Waals surface area contributed by atoms with Crippen LogP contribution < -0.4 is 9.54 Å². The Morgan fingerprint density at radius 2 is 1.71 bits per heavy atom. The third kappa shape index (κ3) is 3.62. The first kappa shape index (κ1) is 18.2. The quantitative estimate of drug-likeness (QED) is 0.491. The first-order valence-corrected chi connectivity index (χ1v) is 9.94. The van der Waals surface area contributed by atoms with Crippen molar-refractivity contribution in [3.05, 3.63) is 83.2 Å². The number of aromatic nitrogens is 1. The van der Waals surface area contributed by atoms with Crippen LogP contribution in [0.2, 0.25) is 0 Å². The lowest BCUT2D eigenvalue weighted by molar-refractivity contribution is 0.0998. The molecule has 0 aliphatic rings. The Kier molecular flexibility index (Phi) is 5.08. The second-order valence-corrected chi connectivity index (χ2v) is 7.38. The molecule has 0 radical (unpaired) electrons. The number of fused-ring (bicyclic) bond motifs is 1. The van der Waals surface area contributed by atoms with Gasteiger partial charge in [0.05, 0.1) is 16.8 Å². The molecule has 4 nitrogen and oxygen atoms in total. The number of carbonyl (C=O) groups excluding carboxylic acids is 1. The van der Waals surface area contributed by atoms with Gasteiger partial charge in [0.2, 0.25) is 0 Å². The number of hydrogen-bond donors (Lipinski definition) is 0. The number of benzene rings is 3. The minimum Gasteiger partial charge on any atom is -0.494 e. The van der Waals surface area contributed by atoms with Gasteiger partial charge in [-0.15, -0.1) is 0 Å². The molecule has 4 aromatic rings. The van der Waals surface area contributed by atoms with Crippen LogP contribution in [-0.2, 0) is 7.05 Å². The fourth-order valence-corrected chi connectivity index (χ4v) is 4.11. The second-order valence-electron chi connectivity index (χ2n) is 6.37. The predicted molar refractivity (Wildman–Crippen MR) is 114 cm³/mol. The van der Waals surface area contributed by atoms with E-state index in [0.717, 1.165) is 27.1 Å². The van der Waals surface area contributed by atoms with Gasteiger partial charge in [0, 0.05) is 12.6 Å². The summed E-state index contributed by atoms with van der Waals surface area (Å²) in [5.74, 6) is 0.582. The molecule has 0 N–H and O–H groups in total. The summed E-state index contributed by atoms with van der Waals surface area (Å²) in [4.78, 5) is 17.7. The molecule has 1 aromatic heterocycles. The van der Waals surface area contributed by atoms with Gasteiger partial charge in [-0.2, -0.15) is 4.99 Å². The average Bonchev–Trinajstić information content (AvgIpc) is 3.04. The number of amides is 1. The maximum Gasteiger partial charge on any atom is 0.279 e. The maximum atomic E-state index is 12.7. The minimum absolute atomic E-state index is 0.244. The van der Waals surface area contributed by atoms with E-state index in [0.29, 0.717) is 17.0 Å². The topological polar surface area (TPSA) is 43.6 Å². The molecule has 0 aliphatic heterocycles. The molecule has 5 heteroatoms. The molecule has 0 atom stereocenters. The van der Waals surface area contributed by atoms with E-state index in [2.05, 4.69) is 17.1 Å². The van der Waals surface area contributed by atoms with Crippen molar-refractivity contribution in [2.45, 2.75) is 6.92 Å². The number of hydrogen-bond acceptors (Lipinski definition) is 3. The first-order chi connectivity index (χ1) is 13.7. The first-order valence-electron chi connectivity index (χ1n) is 9.12. The lowest BCUT2D eigenvalue weighted by atomic mass is 10.0. The van der Waals surface area contributed by atoms with Crippen molar-refractivity contribution in [1.29, 1.82) is 0 Å². The molecule has 1 amide bonds. The molecule has 0 aliphatic carbocycles. The predicted octanol–water partition coefficient (Wildman–Crippen LogP) is 5.05. The third-order valence-electron chi connectivity index (χ3n) is 4.53. The molecular weight excluding hydrogens is 368 g/mol. The summed E-state index contributed by atoms with van der Waals surface area (Å²) < 4.78 is 8.54. The fourth-order valence-electron chi connectivity index (χ4n) is 3.06. The molecule has 4 rings (SSSR count). The number of aryl methyl sites for hydroxylation is 1. The second kappa shape index (κ2) is 7.82. The lowest BCUT2D eigenvalue weighted by Crippen LogP contribution is -2.13. The molecule has 140 valence electrons. The number of thiazole rings is 1. The third-order valence-corrected chi connectivity index (χ3v) is 5.62. The van der Waals surface area contributed by atoms with Crippen molar-refractivity contribution in [3.8, 4) is 16.9 Å². The van der Waals surface area contributed by atoms with Gasteiger partial charge in [0.1, 0.15) is 5.75 Å². The van der Waals surface area contributed by atoms with Gasteiger partial charge in [-0.1, -0.05) is 53.8 Å². The Morgan fingerprint density at radius 3 is 2.43 bits per heavy atom. The average molecular weight is 388 g/mol. The molecule has 1 heterocycles. The van der Waals surface area contributed by atoms with Gasteiger partial charge in [-0.25, -0.2) is 0 Å². The fraction of sp³-hybridized carbons (Fsp3) is 0.130. The number of carbonyl (C=O) groups is 1. The monoisotopic (exact) mass is 388 g/mol. The van der Waals surface area contributed by atoms with E-state index in [-0.39, 0.29) is 5.91 Å². The summed E-state index contributed by atoms with van der Waals surface area (Å²) in [5, 5.41) is 0. The number of ether oxygens (including phenoxy) is 1. The normalized spacial score (nSPS) is 11.7. The molecule has 0 unspecified atom stereocenters. The van der Waals surface area contributed by atoms with Gasteiger partial charge >= 0.3 is 0 Å². The number of rotatable bonds is 4. The Hall–Kier alpha value is -3.18. The molecule has 0 spiro atoms. The van der Waals surface area contributed by atoms with Crippen LogP contribution in [0.4, 0.5) is 0 Å². The summed E-state index contributed by atoms with van der Waals surface area (Å²) in [5.41, 5.74) is 3.80. The highest BCUT2D eigenvalue weighted by atomic mass is 32.1. The summed E-state index contributed by atoms with van der Waals surface area (Å²) in [6.45, 7) is 2.58. The van der Waals surface area contributed by atoms with Crippen LogP contribution in [0.3, 0.4) is 0 Å². The van der Waals surface area contributed by atoms with Crippen LogP contribution in [0, 0.1) is 0 Å². The molecule has 3 aromatic carbocycles. The van der Waals surface area contributed by atoms with Gasteiger partial charge < -0.3 is 9.30 Å². The van der Waals surface area contributed by atoms with Crippen LogP contribution in [0.25, 0.3) is 21.3 Å². The van der Waals surface area contributed by atoms with Gasteiger partial charge in [0.15, 0.2) is 4.80 Å². The smallest absolute Gasteiger partial charge is 0.279 e. The van der Waals surface area contributed by atoms with E-state index >= 15 is 0 Å². The van der Waals surface area contributed by atoms with Gasteiger partial charge in [-0.05, 0) is 48.4 Å². The molecular formula is C23H20N2O2S. The Labute approximate surface area is 167 Å². The standard InChI is InChI=1S/C23H20N2O2S/c1-3-27-19-13-14-20-21(15-19)28-23(25(20)2)24-22(26)18-11-9-17(10-12-18)16-7-5-4-6-8-16/h4-15H,3H2,1-2H3. The van der Waals surface area contributed by atoms with Crippen molar-refractivity contribution >= 4 is 27.5 Å². The molecule has 0 fully saturated rings. The van der Waals surface area contributed by atoms with Crippen LogP contribution in [0.15, 0.2) is 77.8 Å². The zero-order valence-electron chi connectivity index (χ0n) is 15.8. The van der Waals surface area contributed by atoms with Crippen LogP contribution in [0.5, 0.6) is 5.75 Å². The highest BCUT2D eigenvalue weighted by molar-refractivity contribution is 7.16. The SMILES string of the molecule is CCOc1ccc2c(c1)sc(=NC(=O)c1ccc(-c3ccccc3)cc1)n2C. The lowest BCUT2D eigenvalue weighted by Gasteiger charge is -2.02. The number of nitrogens with zero attached hydrogens (tertiary/aromatic N) is 2. The van der Waals surface area contributed by atoms with Crippen LogP contribution in [-0.4, -0.2) is 17.1 Å². The zero-order valence-corrected chi connectivity index (χ0v) is 16.6. The summed E-state index contributed by atoms with van der Waals surface area (Å²) in [7, 11) is 1.92. The Bertz CT molecular complexity index is 1190.